The minimum Gasteiger partial charge on any atom is -0.321 e. The van der Waals surface area contributed by atoms with Gasteiger partial charge in [-0.05, 0) is 19.0 Å². The van der Waals surface area contributed by atoms with E-state index in [4.69, 9.17) is 0 Å². The second kappa shape index (κ2) is 4.97. The van der Waals surface area contributed by atoms with Crippen LogP contribution in [0.2, 0.25) is 0 Å². The van der Waals surface area contributed by atoms with Gasteiger partial charge >= 0.3 is 0 Å². The Kier molecular flexibility index (Phi) is 3.56. The van der Waals surface area contributed by atoms with E-state index in [2.05, 4.69) is 10.6 Å². The van der Waals surface area contributed by atoms with Crippen LogP contribution in [0.5, 0.6) is 0 Å². The summed E-state index contributed by atoms with van der Waals surface area (Å²) in [7, 11) is 0. The molecule has 0 spiro atoms. The fourth-order valence-electron chi connectivity index (χ4n) is 1.78. The zero-order valence-electron chi connectivity index (χ0n) is 9.77. The lowest BCUT2D eigenvalue weighted by molar-refractivity contribution is -0.121. The normalized spacial score (nSPS) is 17.1. The number of anilines is 1. The number of nitrogens with one attached hydrogen (secondary N) is 2. The highest BCUT2D eigenvalue weighted by atomic mass is 19.1. The summed E-state index contributed by atoms with van der Waals surface area (Å²) in [4.78, 5) is 11.8. The van der Waals surface area contributed by atoms with Gasteiger partial charge in [-0.3, -0.25) is 4.79 Å². The number of amides is 1. The minimum absolute atomic E-state index is 0.163. The van der Waals surface area contributed by atoms with Crippen molar-refractivity contribution in [2.75, 3.05) is 18.4 Å². The van der Waals surface area contributed by atoms with E-state index in [1.165, 1.54) is 0 Å². The quantitative estimate of drug-likeness (QED) is 0.869. The second-order valence-electron chi connectivity index (χ2n) is 4.44. The monoisotopic (exact) mass is 258 g/mol. The third-order valence-corrected chi connectivity index (χ3v) is 3.19. The first-order valence-corrected chi connectivity index (χ1v) is 5.65. The molecule has 1 atom stereocenters. The summed E-state index contributed by atoms with van der Waals surface area (Å²) in [6.45, 7) is 3.12. The van der Waals surface area contributed by atoms with Gasteiger partial charge in [-0.15, -0.1) is 0 Å². The Morgan fingerprint density at radius 3 is 2.33 bits per heavy atom. The summed E-state index contributed by atoms with van der Waals surface area (Å²) >= 11 is 0. The van der Waals surface area contributed by atoms with E-state index >= 15 is 0 Å². The maximum absolute atomic E-state index is 13.3. The van der Waals surface area contributed by atoms with Crippen LogP contribution in [0.4, 0.5) is 18.9 Å². The Labute approximate surface area is 102 Å². The molecule has 0 aliphatic carbocycles. The van der Waals surface area contributed by atoms with Crippen LogP contribution in [0, 0.1) is 29.3 Å². The first-order valence-electron chi connectivity index (χ1n) is 5.65. The van der Waals surface area contributed by atoms with Crippen molar-refractivity contribution in [3.63, 3.8) is 0 Å². The molecule has 1 fully saturated rings. The molecule has 2 N–H and O–H groups in total. The van der Waals surface area contributed by atoms with Gasteiger partial charge in [0.25, 0.3) is 0 Å². The summed E-state index contributed by atoms with van der Waals surface area (Å²) in [6.07, 6.45) is 0. The van der Waals surface area contributed by atoms with E-state index in [0.29, 0.717) is 25.2 Å². The summed E-state index contributed by atoms with van der Waals surface area (Å²) in [5.41, 5.74) is -0.597. The molecule has 1 unspecified atom stereocenters. The van der Waals surface area contributed by atoms with E-state index in [1.54, 1.807) is 6.92 Å². The number of benzene rings is 1. The van der Waals surface area contributed by atoms with Crippen LogP contribution in [0.1, 0.15) is 6.92 Å². The Morgan fingerprint density at radius 2 is 1.89 bits per heavy atom. The molecular weight excluding hydrogens is 245 g/mol. The van der Waals surface area contributed by atoms with Crippen molar-refractivity contribution in [1.29, 1.82) is 0 Å². The largest absolute Gasteiger partial charge is 0.321 e. The summed E-state index contributed by atoms with van der Waals surface area (Å²) < 4.78 is 39.3. The minimum atomic E-state index is -1.11. The van der Waals surface area contributed by atoms with Gasteiger partial charge in [0.15, 0.2) is 11.6 Å². The molecular formula is C12H13F3N2O. The van der Waals surface area contributed by atoms with Crippen molar-refractivity contribution in [1.82, 2.24) is 5.32 Å². The van der Waals surface area contributed by atoms with E-state index in [9.17, 15) is 18.0 Å². The predicted octanol–water partition coefficient (Wildman–Crippen LogP) is 1.90. The Morgan fingerprint density at radius 1 is 1.33 bits per heavy atom. The molecule has 6 heteroatoms. The van der Waals surface area contributed by atoms with Crippen molar-refractivity contribution in [3.8, 4) is 0 Å². The van der Waals surface area contributed by atoms with Crippen molar-refractivity contribution < 1.29 is 18.0 Å². The van der Waals surface area contributed by atoms with E-state index in [0.717, 1.165) is 0 Å². The summed E-state index contributed by atoms with van der Waals surface area (Å²) in [5.74, 6) is -3.89. The van der Waals surface area contributed by atoms with Crippen LogP contribution in [0.3, 0.4) is 0 Å². The van der Waals surface area contributed by atoms with Gasteiger partial charge in [0.2, 0.25) is 5.91 Å². The third kappa shape index (κ3) is 2.48. The van der Waals surface area contributed by atoms with Crippen LogP contribution in [0.15, 0.2) is 12.1 Å². The molecule has 98 valence electrons. The smallest absolute Gasteiger partial charge is 0.227 e. The molecule has 0 saturated carbocycles. The number of carbonyl (C=O) groups excluding carboxylic acids is 1. The molecule has 1 aliphatic heterocycles. The van der Waals surface area contributed by atoms with Gasteiger partial charge < -0.3 is 10.6 Å². The highest BCUT2D eigenvalue weighted by Gasteiger charge is 2.29. The molecule has 18 heavy (non-hydrogen) atoms. The highest BCUT2D eigenvalue weighted by molar-refractivity contribution is 5.92. The van der Waals surface area contributed by atoms with Gasteiger partial charge in [0, 0.05) is 18.1 Å². The third-order valence-electron chi connectivity index (χ3n) is 3.19. The molecule has 0 bridgehead atoms. The predicted molar refractivity (Wildman–Crippen MR) is 60.5 cm³/mol. The second-order valence-corrected chi connectivity index (χ2v) is 4.44. The van der Waals surface area contributed by atoms with E-state index in [1.807, 2.05) is 0 Å². The lowest BCUT2D eigenvalue weighted by atomic mass is 9.88. The summed E-state index contributed by atoms with van der Waals surface area (Å²) in [6, 6.07) is 1.07. The molecule has 1 aromatic carbocycles. The van der Waals surface area contributed by atoms with Gasteiger partial charge in [-0.1, -0.05) is 6.92 Å². The molecule has 0 aromatic heterocycles. The SMILES string of the molecule is CC(C(=O)Nc1c(F)cc(F)cc1F)C1CNC1. The van der Waals surface area contributed by atoms with Crippen molar-refractivity contribution in [3.05, 3.63) is 29.6 Å². The average molecular weight is 258 g/mol. The number of halogens is 3. The topological polar surface area (TPSA) is 41.1 Å². The van der Waals surface area contributed by atoms with Crippen molar-refractivity contribution in [2.24, 2.45) is 11.8 Å². The average Bonchev–Trinajstić information content (AvgIpc) is 2.20. The fourth-order valence-corrected chi connectivity index (χ4v) is 1.78. The maximum atomic E-state index is 13.3. The van der Waals surface area contributed by atoms with Gasteiger partial charge in [0.1, 0.15) is 11.5 Å². The van der Waals surface area contributed by atoms with Crippen LogP contribution in [-0.4, -0.2) is 19.0 Å². The number of carbonyl (C=O) groups is 1. The molecule has 0 radical (unpaired) electrons. The molecule has 1 heterocycles. The van der Waals surface area contributed by atoms with Gasteiger partial charge in [0.05, 0.1) is 0 Å². The van der Waals surface area contributed by atoms with Gasteiger partial charge in [-0.25, -0.2) is 13.2 Å². The molecule has 1 aliphatic rings. The lowest BCUT2D eigenvalue weighted by Gasteiger charge is -2.31. The van der Waals surface area contributed by atoms with E-state index < -0.39 is 29.0 Å². The molecule has 1 aromatic rings. The van der Waals surface area contributed by atoms with Crippen LogP contribution < -0.4 is 10.6 Å². The first-order chi connectivity index (χ1) is 8.49. The van der Waals surface area contributed by atoms with E-state index in [-0.39, 0.29) is 11.8 Å². The fraction of sp³-hybridized carbons (Fsp3) is 0.417. The highest BCUT2D eigenvalue weighted by Crippen LogP contribution is 2.23. The molecule has 1 saturated heterocycles. The number of hydrogen-bond acceptors (Lipinski definition) is 2. The first kappa shape index (κ1) is 12.9. The Bertz CT molecular complexity index is 451. The van der Waals surface area contributed by atoms with Crippen LogP contribution in [-0.2, 0) is 4.79 Å². The summed E-state index contributed by atoms with van der Waals surface area (Å²) in [5, 5.41) is 5.18. The Balaban J connectivity index is 2.11. The molecule has 3 nitrogen and oxygen atoms in total. The lowest BCUT2D eigenvalue weighted by Crippen LogP contribution is -2.48. The standard InChI is InChI=1S/C12H13F3N2O/c1-6(7-4-16-5-7)12(18)17-11-9(14)2-8(13)3-10(11)15/h2-3,6-7,16H,4-5H2,1H3,(H,17,18). The number of rotatable bonds is 3. The van der Waals surface area contributed by atoms with Crippen molar-refractivity contribution in [2.45, 2.75) is 6.92 Å². The number of hydrogen-bond donors (Lipinski definition) is 2. The van der Waals surface area contributed by atoms with Gasteiger partial charge in [-0.2, -0.15) is 0 Å². The molecule has 1 amide bonds. The maximum Gasteiger partial charge on any atom is 0.227 e. The molecule has 2 rings (SSSR count). The van der Waals surface area contributed by atoms with Crippen LogP contribution >= 0.6 is 0 Å². The Hall–Kier alpha value is -1.56. The zero-order chi connectivity index (χ0) is 13.3. The van der Waals surface area contributed by atoms with Crippen molar-refractivity contribution >= 4 is 11.6 Å². The zero-order valence-corrected chi connectivity index (χ0v) is 9.77. The van der Waals surface area contributed by atoms with Crippen LogP contribution in [0.25, 0.3) is 0 Å².